The third-order valence-electron chi connectivity index (χ3n) is 8.18. The number of carbonyl (C=O) groups excluding carboxylic acids is 2. The van der Waals surface area contributed by atoms with Gasteiger partial charge in [-0.25, -0.2) is 4.79 Å². The molecule has 8 nitrogen and oxygen atoms in total. The van der Waals surface area contributed by atoms with E-state index in [0.29, 0.717) is 23.0 Å². The smallest absolute Gasteiger partial charge is 0.320 e. The first-order chi connectivity index (χ1) is 18.7. The summed E-state index contributed by atoms with van der Waals surface area (Å²) in [4.78, 5) is 29.2. The predicted octanol–water partition coefficient (Wildman–Crippen LogP) is 4.93. The van der Waals surface area contributed by atoms with Gasteiger partial charge in [0.25, 0.3) is 5.91 Å². The second kappa shape index (κ2) is 12.7. The van der Waals surface area contributed by atoms with Crippen molar-refractivity contribution < 1.29 is 15.1 Å². The van der Waals surface area contributed by atoms with E-state index >= 15 is 0 Å². The summed E-state index contributed by atoms with van der Waals surface area (Å²) in [6.07, 6.45) is 15.4. The number of hydrogen-bond acceptors (Lipinski definition) is 5. The Kier molecular flexibility index (Phi) is 9.06. The Morgan fingerprint density at radius 3 is 2.54 bits per heavy atom. The Morgan fingerprint density at radius 2 is 1.72 bits per heavy atom. The van der Waals surface area contributed by atoms with Crippen molar-refractivity contribution in [3.63, 3.8) is 0 Å². The minimum Gasteiger partial charge on any atom is -0.412 e. The van der Waals surface area contributed by atoms with Crippen LogP contribution >= 0.6 is 22.7 Å². The number of fused-ring (bicyclic) bond motifs is 2. The molecule has 3 amide bonds. The molecule has 0 atom stereocenters. The van der Waals surface area contributed by atoms with Gasteiger partial charge in [0.1, 0.15) is 10.0 Å². The van der Waals surface area contributed by atoms with Crippen molar-refractivity contribution in [2.24, 2.45) is 5.92 Å². The molecule has 0 aromatic carbocycles. The molecule has 1 fully saturated rings. The first-order valence-electron chi connectivity index (χ1n) is 14.1. The lowest BCUT2D eigenvalue weighted by Gasteiger charge is -2.22. The van der Waals surface area contributed by atoms with Crippen LogP contribution < -0.4 is 21.3 Å². The fourth-order valence-corrected chi connectivity index (χ4v) is 8.76. The van der Waals surface area contributed by atoms with E-state index in [1.165, 1.54) is 58.0 Å². The largest absolute Gasteiger partial charge is 0.412 e. The van der Waals surface area contributed by atoms with Crippen LogP contribution in [0.5, 0.6) is 0 Å². The number of carbonyl (C=O) groups is 2. The van der Waals surface area contributed by atoms with Gasteiger partial charge in [0, 0.05) is 47.3 Å². The molecular weight excluding hydrogens is 530 g/mol. The van der Waals surface area contributed by atoms with Crippen molar-refractivity contribution in [1.29, 1.82) is 0 Å². The van der Waals surface area contributed by atoms with Gasteiger partial charge in [-0.2, -0.15) is 0 Å². The molecule has 1 saturated carbocycles. The average Bonchev–Trinajstić information content (AvgIpc) is 3.68. The standard InChI is InChI=1S/C29H37N5O2S2.H2O/c35-26(31-16-19-8-2-1-3-9-19)25-21-10-4-5-11-23(21)37-27(25)33-29(36)32-17-22-20-12-13-30-18-24(20)38-28(22)34-14-6-7-15-34;/h6-7,14-15,19,30H,1-5,8-13,16-18H2,(H,31,35)(H2,32,33,36);1H2. The maximum atomic E-state index is 13.4. The van der Waals surface area contributed by atoms with Crippen molar-refractivity contribution >= 4 is 39.6 Å². The topological polar surface area (TPSA) is 119 Å². The first-order valence-corrected chi connectivity index (χ1v) is 15.8. The number of thiophene rings is 2. The molecule has 6 N–H and O–H groups in total. The maximum absolute atomic E-state index is 13.4. The molecule has 210 valence electrons. The molecule has 1 aliphatic heterocycles. The van der Waals surface area contributed by atoms with Crippen LogP contribution in [0.15, 0.2) is 24.5 Å². The van der Waals surface area contributed by atoms with E-state index < -0.39 is 0 Å². The molecule has 0 unspecified atom stereocenters. The molecule has 4 heterocycles. The summed E-state index contributed by atoms with van der Waals surface area (Å²) < 4.78 is 2.14. The van der Waals surface area contributed by atoms with Crippen molar-refractivity contribution in [2.45, 2.75) is 77.3 Å². The van der Waals surface area contributed by atoms with Crippen molar-refractivity contribution in [3.8, 4) is 5.00 Å². The fraction of sp³-hybridized carbons (Fsp3) is 0.517. The van der Waals surface area contributed by atoms with Gasteiger partial charge in [-0.1, -0.05) is 19.3 Å². The monoisotopic (exact) mass is 569 g/mol. The van der Waals surface area contributed by atoms with E-state index in [9.17, 15) is 9.59 Å². The van der Waals surface area contributed by atoms with Crippen LogP contribution in [0.1, 0.15) is 81.7 Å². The Bertz CT molecular complexity index is 1290. The van der Waals surface area contributed by atoms with Crippen LogP contribution in [0, 0.1) is 5.92 Å². The van der Waals surface area contributed by atoms with E-state index in [4.69, 9.17) is 0 Å². The second-order valence-corrected chi connectivity index (χ2v) is 12.9. The normalized spacial score (nSPS) is 17.0. The number of nitrogens with zero attached hydrogens (tertiary/aromatic N) is 1. The number of rotatable bonds is 7. The number of nitrogens with one attached hydrogen (secondary N) is 4. The van der Waals surface area contributed by atoms with Crippen LogP contribution in [-0.2, 0) is 32.4 Å². The van der Waals surface area contributed by atoms with Gasteiger partial charge < -0.3 is 26.0 Å². The molecule has 0 spiro atoms. The Hall–Kier alpha value is -2.66. The van der Waals surface area contributed by atoms with Gasteiger partial charge in [0.05, 0.1) is 5.56 Å². The first kappa shape index (κ1) is 27.9. The Balaban J connectivity index is 0.00000308. The molecule has 0 radical (unpaired) electrons. The summed E-state index contributed by atoms with van der Waals surface area (Å²) in [6, 6.07) is 3.80. The third kappa shape index (κ3) is 6.09. The maximum Gasteiger partial charge on any atom is 0.320 e. The van der Waals surface area contributed by atoms with Crippen molar-refractivity contribution in [3.05, 3.63) is 56.5 Å². The summed E-state index contributed by atoms with van der Waals surface area (Å²) in [7, 11) is 0. The molecule has 39 heavy (non-hydrogen) atoms. The predicted molar refractivity (Wildman–Crippen MR) is 158 cm³/mol. The zero-order valence-electron chi connectivity index (χ0n) is 22.4. The summed E-state index contributed by atoms with van der Waals surface area (Å²) in [5.74, 6) is 0.544. The van der Waals surface area contributed by atoms with E-state index in [1.54, 1.807) is 22.7 Å². The molecule has 3 aromatic rings. The van der Waals surface area contributed by atoms with E-state index in [2.05, 4.69) is 38.2 Å². The summed E-state index contributed by atoms with van der Waals surface area (Å²) in [5.41, 5.74) is 4.38. The van der Waals surface area contributed by atoms with Gasteiger partial charge in [0.15, 0.2) is 0 Å². The summed E-state index contributed by atoms with van der Waals surface area (Å²) in [6.45, 7) is 3.02. The van der Waals surface area contributed by atoms with E-state index in [0.717, 1.165) is 57.3 Å². The van der Waals surface area contributed by atoms with Crippen LogP contribution in [0.2, 0.25) is 0 Å². The van der Waals surface area contributed by atoms with Crippen LogP contribution in [0.4, 0.5) is 9.80 Å². The van der Waals surface area contributed by atoms with Gasteiger partial charge in [-0.3, -0.25) is 10.1 Å². The van der Waals surface area contributed by atoms with E-state index in [1.807, 2.05) is 12.1 Å². The van der Waals surface area contributed by atoms with Crippen molar-refractivity contribution in [1.82, 2.24) is 20.5 Å². The van der Waals surface area contributed by atoms with Gasteiger partial charge in [-0.05, 0) is 80.7 Å². The lowest BCUT2D eigenvalue weighted by atomic mass is 9.89. The van der Waals surface area contributed by atoms with Crippen LogP contribution in [0.25, 0.3) is 5.00 Å². The second-order valence-electron chi connectivity index (χ2n) is 10.7. The highest BCUT2D eigenvalue weighted by Gasteiger charge is 2.27. The van der Waals surface area contributed by atoms with Gasteiger partial charge in [-0.15, -0.1) is 22.7 Å². The fourth-order valence-electron chi connectivity index (χ4n) is 6.17. The minimum absolute atomic E-state index is 0. The quantitative estimate of drug-likeness (QED) is 0.323. The van der Waals surface area contributed by atoms with Gasteiger partial charge >= 0.3 is 6.03 Å². The molecule has 3 aliphatic rings. The molecule has 3 aromatic heterocycles. The molecular formula is C29H39N5O3S2. The summed E-state index contributed by atoms with van der Waals surface area (Å²) in [5, 5.41) is 14.7. The van der Waals surface area contributed by atoms with Crippen LogP contribution in [0.3, 0.4) is 0 Å². The summed E-state index contributed by atoms with van der Waals surface area (Å²) >= 11 is 3.38. The lowest BCUT2D eigenvalue weighted by Crippen LogP contribution is -2.33. The number of aromatic nitrogens is 1. The highest BCUT2D eigenvalue weighted by molar-refractivity contribution is 7.17. The zero-order valence-corrected chi connectivity index (χ0v) is 24.0. The SMILES string of the molecule is O.O=C(NCc1c(-n2cccc2)sc2c1CCNC2)Nc1sc2c(c1C(=O)NCC1CCCCC1)CCCC2. The number of urea groups is 1. The number of aryl methyl sites for hydroxylation is 1. The lowest BCUT2D eigenvalue weighted by molar-refractivity contribution is 0.0943. The third-order valence-corrected chi connectivity index (χ3v) is 10.7. The average molecular weight is 570 g/mol. The van der Waals surface area contributed by atoms with Gasteiger partial charge in [0.2, 0.25) is 0 Å². The minimum atomic E-state index is -0.253. The number of hydrogen-bond donors (Lipinski definition) is 4. The highest BCUT2D eigenvalue weighted by Crippen LogP contribution is 2.38. The molecule has 0 saturated heterocycles. The number of anilines is 1. The number of amides is 3. The van der Waals surface area contributed by atoms with Crippen LogP contribution in [-0.4, -0.2) is 35.1 Å². The molecule has 2 aliphatic carbocycles. The Labute approximate surface area is 237 Å². The molecule has 6 rings (SSSR count). The highest BCUT2D eigenvalue weighted by atomic mass is 32.1. The molecule has 10 heteroatoms. The Morgan fingerprint density at radius 1 is 0.923 bits per heavy atom. The van der Waals surface area contributed by atoms with Crippen molar-refractivity contribution in [2.75, 3.05) is 18.4 Å². The zero-order chi connectivity index (χ0) is 25.9. The molecule has 0 bridgehead atoms. The van der Waals surface area contributed by atoms with E-state index in [-0.39, 0.29) is 17.4 Å².